The maximum Gasteiger partial charge on any atom is 0.414 e. The number of hydrogen-bond acceptors (Lipinski definition) is 4. The highest BCUT2D eigenvalue weighted by Crippen LogP contribution is 2.52. The van der Waals surface area contributed by atoms with Crippen molar-refractivity contribution in [3.05, 3.63) is 59.2 Å². The van der Waals surface area contributed by atoms with Crippen LogP contribution in [0.1, 0.15) is 100.0 Å². The van der Waals surface area contributed by atoms with Gasteiger partial charge in [-0.3, -0.25) is 9.69 Å². The largest absolute Gasteiger partial charge is 0.446 e. The fourth-order valence-corrected chi connectivity index (χ4v) is 16.4. The summed E-state index contributed by atoms with van der Waals surface area (Å²) < 4.78 is 6.38. The Morgan fingerprint density at radius 1 is 1.03 bits per heavy atom. The number of ether oxygens (including phenoxy) is 1. The second-order valence-electron chi connectivity index (χ2n) is 12.9. The van der Waals surface area contributed by atoms with E-state index in [9.17, 15) is 9.59 Å². The summed E-state index contributed by atoms with van der Waals surface area (Å²) in [7, 11) is -1.95. The minimum absolute atomic E-state index is 0.110. The summed E-state index contributed by atoms with van der Waals surface area (Å²) in [5, 5.41) is 0. The zero-order valence-corrected chi connectivity index (χ0v) is 27.5. The summed E-state index contributed by atoms with van der Waals surface area (Å²) in [6.07, 6.45) is 9.70. The van der Waals surface area contributed by atoms with Crippen molar-refractivity contribution in [3.8, 4) is 0 Å². The van der Waals surface area contributed by atoms with E-state index >= 15 is 0 Å². The Balaban J connectivity index is 1.93. The predicted octanol–water partition coefficient (Wildman–Crippen LogP) is 9.63. The van der Waals surface area contributed by atoms with Crippen LogP contribution >= 0.6 is 11.2 Å². The number of ketones is 1. The summed E-state index contributed by atoms with van der Waals surface area (Å²) in [4.78, 5) is 29.8. The molecule has 0 radical (unpaired) electrons. The van der Waals surface area contributed by atoms with Crippen molar-refractivity contribution < 1.29 is 14.3 Å². The number of allylic oxidation sites excluding steroid dienone is 2. The first-order valence-corrected chi connectivity index (χ1v) is 18.7. The lowest BCUT2D eigenvalue weighted by Gasteiger charge is -2.44. The second-order valence-corrected chi connectivity index (χ2v) is 21.5. The summed E-state index contributed by atoms with van der Waals surface area (Å²) in [6, 6.07) is 10.3. The molecule has 1 fully saturated rings. The normalized spacial score (nSPS) is 23.2. The van der Waals surface area contributed by atoms with Gasteiger partial charge in [-0.2, -0.15) is 0 Å². The Kier molecular flexibility index (Phi) is 10.8. The van der Waals surface area contributed by atoms with Crippen molar-refractivity contribution >= 4 is 30.3 Å². The standard InChI is InChI=1S/C33H51NO3SSi/c1-10-16-27-21-29(35)31(38-39(23(2)3,24(4)5)25(6)7)22-34(27)32(36)37-30-20-15-14-19-28(30)33(8,9)26-17-12-11-13-18-26/h10-13,16-18,22-25,27-28,30H,14-15,19-21H2,1-9H3/b16-10+/t27-,28+,30+/m1/s1. The van der Waals surface area contributed by atoms with Crippen LogP contribution in [0.2, 0.25) is 16.6 Å². The van der Waals surface area contributed by atoms with E-state index < -0.39 is 7.22 Å². The first-order chi connectivity index (χ1) is 18.4. The average Bonchev–Trinajstić information content (AvgIpc) is 2.88. The number of rotatable bonds is 9. The molecule has 1 aliphatic heterocycles. The number of benzene rings is 1. The number of nitrogens with zero attached hydrogens (tertiary/aromatic N) is 1. The zero-order valence-electron chi connectivity index (χ0n) is 25.7. The molecule has 0 bridgehead atoms. The third-order valence-electron chi connectivity index (χ3n) is 9.30. The third-order valence-corrected chi connectivity index (χ3v) is 21.6. The molecule has 0 N–H and O–H groups in total. The molecule has 216 valence electrons. The van der Waals surface area contributed by atoms with Crippen LogP contribution in [0.25, 0.3) is 0 Å². The Hall–Kier alpha value is -1.79. The first kappa shape index (κ1) is 31.7. The van der Waals surface area contributed by atoms with Gasteiger partial charge in [0.15, 0.2) is 5.78 Å². The molecule has 1 aromatic rings. The van der Waals surface area contributed by atoms with Crippen LogP contribution in [0.4, 0.5) is 4.79 Å². The molecule has 2 aliphatic rings. The number of carbonyl (C=O) groups excluding carboxylic acids is 2. The van der Waals surface area contributed by atoms with Gasteiger partial charge in [0.2, 0.25) is 0 Å². The van der Waals surface area contributed by atoms with Crippen LogP contribution in [0.5, 0.6) is 0 Å². The summed E-state index contributed by atoms with van der Waals surface area (Å²) in [5.41, 5.74) is 2.69. The molecule has 0 unspecified atom stereocenters. The van der Waals surface area contributed by atoms with E-state index in [-0.39, 0.29) is 35.4 Å². The molecule has 0 saturated heterocycles. The predicted molar refractivity (Wildman–Crippen MR) is 168 cm³/mol. The quantitative estimate of drug-likeness (QED) is 0.219. The van der Waals surface area contributed by atoms with Crippen LogP contribution in [0.3, 0.4) is 0 Å². The van der Waals surface area contributed by atoms with E-state index in [0.29, 0.717) is 23.0 Å². The molecule has 0 spiro atoms. The molecular weight excluding hydrogens is 519 g/mol. The fourth-order valence-electron chi connectivity index (χ4n) is 7.22. The maximum atomic E-state index is 13.9. The second kappa shape index (κ2) is 13.2. The van der Waals surface area contributed by atoms with Gasteiger partial charge < -0.3 is 4.74 Å². The Labute approximate surface area is 242 Å². The molecule has 0 aromatic heterocycles. The molecule has 3 atom stereocenters. The third kappa shape index (κ3) is 6.75. The van der Waals surface area contributed by atoms with Crippen molar-refractivity contribution in [2.75, 3.05) is 0 Å². The van der Waals surface area contributed by atoms with Gasteiger partial charge in [-0.05, 0) is 53.8 Å². The Morgan fingerprint density at radius 2 is 1.62 bits per heavy atom. The van der Waals surface area contributed by atoms with Crippen molar-refractivity contribution in [1.82, 2.24) is 4.90 Å². The van der Waals surface area contributed by atoms with Crippen LogP contribution < -0.4 is 0 Å². The summed E-state index contributed by atoms with van der Waals surface area (Å²) >= 11 is 1.81. The van der Waals surface area contributed by atoms with Crippen LogP contribution in [0.15, 0.2) is 53.6 Å². The molecule has 6 heteroatoms. The van der Waals surface area contributed by atoms with E-state index in [4.69, 9.17) is 4.74 Å². The van der Waals surface area contributed by atoms with Gasteiger partial charge >= 0.3 is 6.09 Å². The lowest BCUT2D eigenvalue weighted by atomic mass is 9.66. The van der Waals surface area contributed by atoms with E-state index in [2.05, 4.69) is 79.7 Å². The minimum Gasteiger partial charge on any atom is -0.446 e. The fraction of sp³-hybridized carbons (Fsp3) is 0.636. The van der Waals surface area contributed by atoms with Gasteiger partial charge in [-0.25, -0.2) is 4.79 Å². The molecule has 1 saturated carbocycles. The SMILES string of the molecule is C/C=C/[C@@H]1CC(=O)C(S[Si](C(C)C)(C(C)C)C(C)C)=CN1C(=O)O[C@H]1CCCC[C@@H]1C(C)(C)c1ccccc1. The number of carbonyl (C=O) groups is 2. The lowest BCUT2D eigenvalue weighted by Crippen LogP contribution is -2.47. The van der Waals surface area contributed by atoms with Gasteiger partial charge in [0.25, 0.3) is 0 Å². The number of hydrogen-bond donors (Lipinski definition) is 0. The van der Waals surface area contributed by atoms with Gasteiger partial charge in [0.05, 0.1) is 10.9 Å². The molecule has 1 aromatic carbocycles. The van der Waals surface area contributed by atoms with Crippen molar-refractivity contribution in [1.29, 1.82) is 0 Å². The summed E-state index contributed by atoms with van der Waals surface area (Å²) in [6.45, 7) is 20.3. The van der Waals surface area contributed by atoms with Crippen molar-refractivity contribution in [2.24, 2.45) is 5.92 Å². The zero-order chi connectivity index (χ0) is 29.0. The monoisotopic (exact) mass is 569 g/mol. The molecule has 4 nitrogen and oxygen atoms in total. The van der Waals surface area contributed by atoms with E-state index in [1.165, 1.54) is 5.56 Å². The molecule has 1 heterocycles. The average molecular weight is 570 g/mol. The Morgan fingerprint density at radius 3 is 2.18 bits per heavy atom. The van der Waals surface area contributed by atoms with Crippen LogP contribution in [0, 0.1) is 5.92 Å². The number of amides is 1. The number of Topliss-reactive ketones (excluding diaryl/α,β-unsaturated/α-hetero) is 1. The maximum absolute atomic E-state index is 13.9. The topological polar surface area (TPSA) is 46.6 Å². The highest BCUT2D eigenvalue weighted by Gasteiger charge is 2.47. The van der Waals surface area contributed by atoms with Gasteiger partial charge in [-0.1, -0.05) is 104 Å². The smallest absolute Gasteiger partial charge is 0.414 e. The van der Waals surface area contributed by atoms with Crippen LogP contribution in [-0.4, -0.2) is 36.1 Å². The molecule has 3 rings (SSSR count). The highest BCUT2D eigenvalue weighted by molar-refractivity contribution is 8.32. The molecular formula is C33H51NO3SSi. The molecule has 1 aliphatic carbocycles. The first-order valence-electron chi connectivity index (χ1n) is 15.0. The van der Waals surface area contributed by atoms with Gasteiger partial charge in [0.1, 0.15) is 13.3 Å². The highest BCUT2D eigenvalue weighted by atomic mass is 32.4. The summed E-state index contributed by atoms with van der Waals surface area (Å²) in [5.74, 6) is 0.386. The minimum atomic E-state index is -1.95. The molecule has 1 amide bonds. The van der Waals surface area contributed by atoms with E-state index in [0.717, 1.165) is 30.6 Å². The van der Waals surface area contributed by atoms with Crippen molar-refractivity contribution in [3.63, 3.8) is 0 Å². The van der Waals surface area contributed by atoms with Crippen LogP contribution in [-0.2, 0) is 14.9 Å². The van der Waals surface area contributed by atoms with Crippen molar-refractivity contribution in [2.45, 2.75) is 129 Å². The van der Waals surface area contributed by atoms with Gasteiger partial charge in [-0.15, -0.1) is 11.2 Å². The molecule has 39 heavy (non-hydrogen) atoms. The van der Waals surface area contributed by atoms with E-state index in [1.54, 1.807) is 4.90 Å². The lowest BCUT2D eigenvalue weighted by molar-refractivity contribution is -0.116. The Bertz CT molecular complexity index is 1020. The van der Waals surface area contributed by atoms with E-state index in [1.807, 2.05) is 42.6 Å². The van der Waals surface area contributed by atoms with Gasteiger partial charge in [0, 0.05) is 18.5 Å².